The number of hydrogen-bond donors (Lipinski definition) is 3. The second-order valence-electron chi connectivity index (χ2n) is 11.9. The molecule has 6 heteroatoms. The van der Waals surface area contributed by atoms with Crippen LogP contribution in [0.25, 0.3) is 0 Å². The lowest BCUT2D eigenvalue weighted by Gasteiger charge is -2.35. The number of rotatable bonds is 20. The monoisotopic (exact) mass is 530 g/mol. The Bertz CT molecular complexity index is 760. The topological polar surface area (TPSA) is 78.4 Å². The molecule has 0 atom stereocenters. The van der Waals surface area contributed by atoms with Gasteiger partial charge >= 0.3 is 5.97 Å². The molecule has 1 aromatic carbocycles. The van der Waals surface area contributed by atoms with Crippen molar-refractivity contribution < 1.29 is 14.7 Å². The lowest BCUT2D eigenvalue weighted by atomic mass is 10.0. The first-order valence-corrected chi connectivity index (χ1v) is 18.5. The first-order chi connectivity index (χ1) is 17.9. The van der Waals surface area contributed by atoms with E-state index in [0.717, 1.165) is 24.2 Å². The van der Waals surface area contributed by atoms with Gasteiger partial charge in [-0.05, 0) is 36.2 Å². The minimum absolute atomic E-state index is 0.362. The van der Waals surface area contributed by atoms with Crippen molar-refractivity contribution in [1.29, 1.82) is 0 Å². The van der Waals surface area contributed by atoms with Crippen LogP contribution in [-0.4, -0.2) is 38.1 Å². The zero-order valence-corrected chi connectivity index (χ0v) is 24.8. The van der Waals surface area contributed by atoms with E-state index in [1.165, 1.54) is 103 Å². The molecule has 0 spiro atoms. The third-order valence-corrected chi connectivity index (χ3v) is 12.8. The van der Waals surface area contributed by atoms with Gasteiger partial charge in [0, 0.05) is 17.8 Å². The smallest absolute Gasteiger partial charge is 0.322 e. The molecule has 0 bridgehead atoms. The minimum atomic E-state index is -1.04. The van der Waals surface area contributed by atoms with Gasteiger partial charge in [0.05, 0.1) is 8.07 Å². The van der Waals surface area contributed by atoms with E-state index in [1.807, 2.05) is 12.1 Å². The number of benzene rings is 1. The van der Waals surface area contributed by atoms with Crippen LogP contribution in [0.4, 0.5) is 5.69 Å². The number of hydrogen-bond acceptors (Lipinski definition) is 3. The summed E-state index contributed by atoms with van der Waals surface area (Å²) in [5.74, 6) is -1.41. The maximum atomic E-state index is 11.8. The van der Waals surface area contributed by atoms with E-state index in [0.29, 0.717) is 5.56 Å². The summed E-state index contributed by atoms with van der Waals surface area (Å²) in [5.41, 5.74) is 2.58. The highest BCUT2D eigenvalue weighted by atomic mass is 28.3. The quantitative estimate of drug-likeness (QED) is 0.116. The van der Waals surface area contributed by atoms with Gasteiger partial charge < -0.3 is 15.7 Å². The Kier molecular flexibility index (Phi) is 15.6. The normalized spacial score (nSPS) is 14.4. The van der Waals surface area contributed by atoms with Gasteiger partial charge in [0.15, 0.2) is 0 Å². The number of anilines is 1. The molecule has 0 aliphatic heterocycles. The third kappa shape index (κ3) is 14.1. The van der Waals surface area contributed by atoms with Gasteiger partial charge in [-0.1, -0.05) is 122 Å². The Morgan fingerprint density at radius 3 is 1.84 bits per heavy atom. The molecule has 0 radical (unpaired) electrons. The average molecular weight is 531 g/mol. The molecule has 0 heterocycles. The molecule has 0 unspecified atom stereocenters. The number of carboxylic acid groups (broad SMARTS) is 1. The molecule has 1 aliphatic carbocycles. The van der Waals surface area contributed by atoms with Crippen LogP contribution in [0.15, 0.2) is 24.3 Å². The van der Waals surface area contributed by atoms with Gasteiger partial charge in [-0.15, -0.1) is 0 Å². The molecule has 1 fully saturated rings. The van der Waals surface area contributed by atoms with Gasteiger partial charge in [0.2, 0.25) is 0 Å². The maximum Gasteiger partial charge on any atom is 0.322 e. The van der Waals surface area contributed by atoms with E-state index in [9.17, 15) is 9.59 Å². The highest BCUT2D eigenvalue weighted by Gasteiger charge is 2.31. The first kappa shape index (κ1) is 31.4. The first-order valence-electron chi connectivity index (χ1n) is 15.2. The number of carbonyl (C=O) groups is 2. The van der Waals surface area contributed by atoms with Crippen molar-refractivity contribution in [3.8, 4) is 0 Å². The number of amides is 1. The summed E-state index contributed by atoms with van der Waals surface area (Å²) in [6.45, 7) is 5.90. The molecule has 1 saturated carbocycles. The molecule has 1 amide bonds. The van der Waals surface area contributed by atoms with Crippen LogP contribution < -0.4 is 10.6 Å². The molecule has 5 nitrogen and oxygen atoms in total. The van der Waals surface area contributed by atoms with E-state index < -0.39 is 14.0 Å². The largest absolute Gasteiger partial charge is 0.480 e. The van der Waals surface area contributed by atoms with Crippen molar-refractivity contribution in [3.05, 3.63) is 29.8 Å². The second-order valence-corrected chi connectivity index (χ2v) is 17.2. The molecule has 1 aliphatic rings. The van der Waals surface area contributed by atoms with Crippen molar-refractivity contribution in [2.75, 3.05) is 18.4 Å². The highest BCUT2D eigenvalue weighted by Crippen LogP contribution is 2.39. The van der Waals surface area contributed by atoms with E-state index >= 15 is 0 Å². The zero-order chi connectivity index (χ0) is 26.8. The molecular formula is C31H54N2O3Si. The summed E-state index contributed by atoms with van der Waals surface area (Å²) in [4.78, 5) is 22.4. The van der Waals surface area contributed by atoms with Crippen LogP contribution in [0.5, 0.6) is 0 Å². The summed E-state index contributed by atoms with van der Waals surface area (Å²) in [6.07, 6.45) is 24.1. The fourth-order valence-corrected chi connectivity index (χ4v) is 9.33. The number of carboxylic acids is 1. The van der Waals surface area contributed by atoms with Crippen molar-refractivity contribution in [1.82, 2.24) is 5.32 Å². The van der Waals surface area contributed by atoms with Gasteiger partial charge in [0.25, 0.3) is 5.91 Å². The highest BCUT2D eigenvalue weighted by molar-refractivity contribution is 6.78. The van der Waals surface area contributed by atoms with Crippen LogP contribution >= 0.6 is 0 Å². The summed E-state index contributed by atoms with van der Waals surface area (Å²) >= 11 is 0. The number of unbranched alkanes of at least 4 members (excludes halogenated alkanes) is 11. The number of aliphatic carboxylic acids is 1. The standard InChI is InChI=1S/C31H54N2O3Si/c1-37(2,29-18-14-13-15-19-29)25-17-12-10-8-6-4-3-5-7-9-11-16-24-32-28-22-20-27(21-23-28)31(36)33-26-30(34)35/h20-23,29,32H,3-19,24-26H2,1-2H3,(H,33,36)(H,34,35). The van der Waals surface area contributed by atoms with E-state index in [1.54, 1.807) is 18.2 Å². The van der Waals surface area contributed by atoms with Gasteiger partial charge in [-0.2, -0.15) is 0 Å². The SMILES string of the molecule is C[Si](C)(CCCCCCCCCCCCCCNc1ccc(C(=O)NCC(=O)O)cc1)C1CCCCC1. The Hall–Kier alpha value is -1.82. The van der Waals surface area contributed by atoms with Crippen molar-refractivity contribution in [2.24, 2.45) is 0 Å². The van der Waals surface area contributed by atoms with Crippen LogP contribution in [0.3, 0.4) is 0 Å². The lowest BCUT2D eigenvalue weighted by Crippen LogP contribution is -2.33. The Balaban J connectivity index is 1.35. The van der Waals surface area contributed by atoms with Gasteiger partial charge in [-0.3, -0.25) is 9.59 Å². The second kappa shape index (κ2) is 18.4. The summed E-state index contributed by atoms with van der Waals surface area (Å²) < 4.78 is 0. The minimum Gasteiger partial charge on any atom is -0.480 e. The summed E-state index contributed by atoms with van der Waals surface area (Å²) in [5, 5.41) is 14.4. The molecule has 37 heavy (non-hydrogen) atoms. The molecule has 1 aromatic rings. The van der Waals surface area contributed by atoms with E-state index in [-0.39, 0.29) is 12.5 Å². The molecule has 2 rings (SSSR count). The summed E-state index contributed by atoms with van der Waals surface area (Å²) in [6, 6.07) is 8.75. The number of nitrogens with one attached hydrogen (secondary N) is 2. The van der Waals surface area contributed by atoms with Gasteiger partial charge in [0.1, 0.15) is 6.54 Å². The fraction of sp³-hybridized carbons (Fsp3) is 0.742. The summed E-state index contributed by atoms with van der Waals surface area (Å²) in [7, 11) is -0.966. The van der Waals surface area contributed by atoms with Crippen LogP contribution in [0.1, 0.15) is 120 Å². The van der Waals surface area contributed by atoms with Crippen molar-refractivity contribution in [2.45, 2.75) is 134 Å². The maximum absolute atomic E-state index is 11.8. The zero-order valence-electron chi connectivity index (χ0n) is 23.8. The molecular weight excluding hydrogens is 476 g/mol. The Labute approximate surface area is 227 Å². The molecule has 0 aromatic heterocycles. The third-order valence-electron chi connectivity index (χ3n) is 8.33. The van der Waals surface area contributed by atoms with Crippen LogP contribution in [0.2, 0.25) is 24.7 Å². The lowest BCUT2D eigenvalue weighted by molar-refractivity contribution is -0.135. The van der Waals surface area contributed by atoms with Crippen molar-refractivity contribution in [3.63, 3.8) is 0 Å². The average Bonchev–Trinajstić information content (AvgIpc) is 2.90. The van der Waals surface area contributed by atoms with Crippen molar-refractivity contribution >= 4 is 25.6 Å². The fourth-order valence-electron chi connectivity index (χ4n) is 5.79. The molecule has 3 N–H and O–H groups in total. The van der Waals surface area contributed by atoms with Gasteiger partial charge in [-0.25, -0.2) is 0 Å². The molecule has 0 saturated heterocycles. The predicted octanol–water partition coefficient (Wildman–Crippen LogP) is 8.64. The van der Waals surface area contributed by atoms with E-state index in [4.69, 9.17) is 5.11 Å². The predicted molar refractivity (Wildman–Crippen MR) is 159 cm³/mol. The van der Waals surface area contributed by atoms with Crippen LogP contribution in [0, 0.1) is 0 Å². The molecule has 210 valence electrons. The Morgan fingerprint density at radius 1 is 0.784 bits per heavy atom. The number of carbonyl (C=O) groups excluding carboxylic acids is 1. The Morgan fingerprint density at radius 2 is 1.30 bits per heavy atom. The van der Waals surface area contributed by atoms with Crippen LogP contribution in [-0.2, 0) is 4.79 Å². The van der Waals surface area contributed by atoms with E-state index in [2.05, 4.69) is 23.7 Å².